The minimum Gasteiger partial charge on any atom is -0.462 e. The molecule has 2 fully saturated rings. The second kappa shape index (κ2) is 4.72. The minimum atomic E-state index is -0.242. The van der Waals surface area contributed by atoms with Gasteiger partial charge in [0.05, 0.1) is 0 Å². The zero-order valence-electron chi connectivity index (χ0n) is 12.9. The smallest absolute Gasteiger partial charge is 0.334 e. The summed E-state index contributed by atoms with van der Waals surface area (Å²) in [4.78, 5) is 23.2. The van der Waals surface area contributed by atoms with E-state index < -0.39 is 0 Å². The van der Waals surface area contributed by atoms with Crippen molar-refractivity contribution in [1.82, 2.24) is 0 Å². The van der Waals surface area contributed by atoms with Gasteiger partial charge in [-0.15, -0.1) is 0 Å². The van der Waals surface area contributed by atoms with Gasteiger partial charge in [-0.1, -0.05) is 19.1 Å². The van der Waals surface area contributed by atoms with Gasteiger partial charge in [-0.3, -0.25) is 4.79 Å². The SMILES string of the molecule is C=C1CC[C@H](OC(C)=O)[C@]2(C)C[C@@H]3OC(=O)C(C)=C3C[C@@H]12. The van der Waals surface area contributed by atoms with Crippen molar-refractivity contribution in [2.45, 2.75) is 58.7 Å². The number of carbonyl (C=O) groups excluding carboxylic acids is 2. The third kappa shape index (κ3) is 2.12. The van der Waals surface area contributed by atoms with Crippen molar-refractivity contribution in [3.05, 3.63) is 23.3 Å². The monoisotopic (exact) mass is 290 g/mol. The average molecular weight is 290 g/mol. The second-order valence-electron chi connectivity index (χ2n) is 6.81. The highest BCUT2D eigenvalue weighted by Crippen LogP contribution is 2.56. The summed E-state index contributed by atoms with van der Waals surface area (Å²) in [6.07, 6.45) is 2.94. The summed E-state index contributed by atoms with van der Waals surface area (Å²) < 4.78 is 11.1. The van der Waals surface area contributed by atoms with E-state index in [1.54, 1.807) is 0 Å². The summed E-state index contributed by atoms with van der Waals surface area (Å²) >= 11 is 0. The predicted molar refractivity (Wildman–Crippen MR) is 77.3 cm³/mol. The summed E-state index contributed by atoms with van der Waals surface area (Å²) in [5.74, 6) is -0.188. The van der Waals surface area contributed by atoms with E-state index >= 15 is 0 Å². The quantitative estimate of drug-likeness (QED) is 0.550. The summed E-state index contributed by atoms with van der Waals surface area (Å²) in [5, 5.41) is 0. The Labute approximate surface area is 125 Å². The molecular formula is C17H22O4. The molecule has 2 saturated carbocycles. The van der Waals surface area contributed by atoms with Crippen molar-refractivity contribution in [2.75, 3.05) is 0 Å². The highest BCUT2D eigenvalue weighted by atomic mass is 16.6. The molecule has 0 N–H and O–H groups in total. The van der Waals surface area contributed by atoms with Crippen molar-refractivity contribution >= 4 is 11.9 Å². The lowest BCUT2D eigenvalue weighted by atomic mass is 9.56. The van der Waals surface area contributed by atoms with Crippen LogP contribution in [0.1, 0.15) is 46.5 Å². The van der Waals surface area contributed by atoms with Crippen LogP contribution < -0.4 is 0 Å². The summed E-state index contributed by atoms with van der Waals surface area (Å²) in [7, 11) is 0. The fourth-order valence-electron chi connectivity index (χ4n) is 4.29. The zero-order chi connectivity index (χ0) is 15.4. The van der Waals surface area contributed by atoms with Crippen LogP contribution in [-0.2, 0) is 19.1 Å². The van der Waals surface area contributed by atoms with Crippen molar-refractivity contribution in [1.29, 1.82) is 0 Å². The Bertz CT molecular complexity index is 559. The standard InChI is InChI=1S/C17H22O4/c1-9-5-6-15(20-11(3)18)17(4)8-14-12(7-13(9)17)10(2)16(19)21-14/h13-15H,1,5-8H2,2-4H3/t13-,14-,15-,17+/m0/s1. The van der Waals surface area contributed by atoms with E-state index in [1.807, 2.05) is 6.92 Å². The molecule has 0 amide bonds. The van der Waals surface area contributed by atoms with E-state index in [9.17, 15) is 9.59 Å². The first-order valence-corrected chi connectivity index (χ1v) is 7.58. The van der Waals surface area contributed by atoms with E-state index in [1.165, 1.54) is 12.5 Å². The topological polar surface area (TPSA) is 52.6 Å². The molecule has 114 valence electrons. The van der Waals surface area contributed by atoms with Gasteiger partial charge in [0, 0.05) is 17.9 Å². The van der Waals surface area contributed by atoms with Gasteiger partial charge in [0.1, 0.15) is 12.2 Å². The molecule has 0 radical (unpaired) electrons. The molecule has 21 heavy (non-hydrogen) atoms. The number of rotatable bonds is 1. The molecule has 4 atom stereocenters. The van der Waals surface area contributed by atoms with Crippen LogP contribution in [-0.4, -0.2) is 24.1 Å². The predicted octanol–water partition coefficient (Wildman–Crippen LogP) is 2.93. The van der Waals surface area contributed by atoms with Gasteiger partial charge in [0.25, 0.3) is 0 Å². The Balaban J connectivity index is 1.95. The van der Waals surface area contributed by atoms with E-state index in [0.717, 1.165) is 30.4 Å². The summed E-state index contributed by atoms with van der Waals surface area (Å²) in [5.41, 5.74) is 2.88. The Hall–Kier alpha value is -1.58. The lowest BCUT2D eigenvalue weighted by Crippen LogP contribution is -2.50. The lowest BCUT2D eigenvalue weighted by molar-refractivity contribution is -0.164. The van der Waals surface area contributed by atoms with Crippen LogP contribution in [0.3, 0.4) is 0 Å². The molecule has 4 nitrogen and oxygen atoms in total. The van der Waals surface area contributed by atoms with Crippen LogP contribution in [0.25, 0.3) is 0 Å². The molecule has 0 bridgehead atoms. The van der Waals surface area contributed by atoms with Crippen LogP contribution in [0, 0.1) is 11.3 Å². The van der Waals surface area contributed by atoms with Gasteiger partial charge in [-0.2, -0.15) is 0 Å². The maximum Gasteiger partial charge on any atom is 0.334 e. The Morgan fingerprint density at radius 3 is 2.86 bits per heavy atom. The first kappa shape index (κ1) is 14.4. The molecule has 0 saturated heterocycles. The molecule has 0 unspecified atom stereocenters. The Kier molecular flexibility index (Phi) is 3.23. The molecule has 3 rings (SSSR count). The second-order valence-corrected chi connectivity index (χ2v) is 6.81. The summed E-state index contributed by atoms with van der Waals surface area (Å²) in [6, 6.07) is 0. The molecule has 3 aliphatic rings. The minimum absolute atomic E-state index is 0.119. The first-order valence-electron chi connectivity index (χ1n) is 7.58. The number of fused-ring (bicyclic) bond motifs is 2. The van der Waals surface area contributed by atoms with Crippen molar-refractivity contribution in [3.8, 4) is 0 Å². The molecule has 1 heterocycles. The molecule has 0 aromatic heterocycles. The third-order valence-corrected chi connectivity index (χ3v) is 5.54. The number of hydrogen-bond acceptors (Lipinski definition) is 4. The van der Waals surface area contributed by atoms with Crippen LogP contribution in [0.2, 0.25) is 0 Å². The van der Waals surface area contributed by atoms with E-state index in [-0.39, 0.29) is 35.5 Å². The van der Waals surface area contributed by atoms with Gasteiger partial charge in [-0.05, 0) is 44.1 Å². The molecule has 0 spiro atoms. The third-order valence-electron chi connectivity index (χ3n) is 5.54. The van der Waals surface area contributed by atoms with Gasteiger partial charge in [0.2, 0.25) is 0 Å². The number of esters is 2. The Morgan fingerprint density at radius 1 is 1.48 bits per heavy atom. The maximum absolute atomic E-state index is 11.8. The molecule has 0 aromatic rings. The fraction of sp³-hybridized carbons (Fsp3) is 0.647. The lowest BCUT2D eigenvalue weighted by Gasteiger charge is -2.51. The fourth-order valence-corrected chi connectivity index (χ4v) is 4.29. The van der Waals surface area contributed by atoms with Gasteiger partial charge in [-0.25, -0.2) is 4.79 Å². The maximum atomic E-state index is 11.8. The van der Waals surface area contributed by atoms with Crippen LogP contribution in [0.5, 0.6) is 0 Å². The highest BCUT2D eigenvalue weighted by Gasteiger charge is 2.54. The van der Waals surface area contributed by atoms with Crippen molar-refractivity contribution in [2.24, 2.45) is 11.3 Å². The number of carbonyl (C=O) groups is 2. The van der Waals surface area contributed by atoms with Crippen LogP contribution in [0.15, 0.2) is 23.3 Å². The molecule has 2 aliphatic carbocycles. The van der Waals surface area contributed by atoms with E-state index in [0.29, 0.717) is 6.42 Å². The molecule has 1 aliphatic heterocycles. The molecular weight excluding hydrogens is 268 g/mol. The molecule has 0 aromatic carbocycles. The van der Waals surface area contributed by atoms with Crippen LogP contribution in [0.4, 0.5) is 0 Å². The largest absolute Gasteiger partial charge is 0.462 e. The first-order chi connectivity index (χ1) is 9.83. The van der Waals surface area contributed by atoms with Gasteiger partial charge >= 0.3 is 11.9 Å². The molecule has 4 heteroatoms. The van der Waals surface area contributed by atoms with Gasteiger partial charge < -0.3 is 9.47 Å². The normalized spacial score (nSPS) is 38.7. The van der Waals surface area contributed by atoms with E-state index in [2.05, 4.69) is 13.5 Å². The number of allylic oxidation sites excluding steroid dienone is 1. The van der Waals surface area contributed by atoms with Crippen molar-refractivity contribution in [3.63, 3.8) is 0 Å². The summed E-state index contributed by atoms with van der Waals surface area (Å²) in [6.45, 7) is 9.67. The number of hydrogen-bond donors (Lipinski definition) is 0. The van der Waals surface area contributed by atoms with E-state index in [4.69, 9.17) is 9.47 Å². The van der Waals surface area contributed by atoms with Crippen LogP contribution >= 0.6 is 0 Å². The average Bonchev–Trinajstić information content (AvgIpc) is 2.66. The van der Waals surface area contributed by atoms with Crippen molar-refractivity contribution < 1.29 is 19.1 Å². The zero-order valence-corrected chi connectivity index (χ0v) is 12.9. The Morgan fingerprint density at radius 2 is 2.19 bits per heavy atom. The van der Waals surface area contributed by atoms with Gasteiger partial charge in [0.15, 0.2) is 0 Å². The highest BCUT2D eigenvalue weighted by molar-refractivity contribution is 5.91. The number of ether oxygens (including phenoxy) is 2.